The van der Waals surface area contributed by atoms with Crippen LogP contribution in [0.4, 0.5) is 11.8 Å². The van der Waals surface area contributed by atoms with Gasteiger partial charge in [-0.2, -0.15) is 4.98 Å². The molecule has 2 aromatic heterocycles. The molecule has 100 valence electrons. The zero-order chi connectivity index (χ0) is 13.7. The lowest BCUT2D eigenvalue weighted by Crippen LogP contribution is -2.23. The SMILES string of the molecule is CN(C)c1ccnc(N(C)CCc2ccccn2)n1. The van der Waals surface area contributed by atoms with Gasteiger partial charge in [0.25, 0.3) is 0 Å². The maximum atomic E-state index is 4.50. The average Bonchev–Trinajstić information content (AvgIpc) is 2.46. The smallest absolute Gasteiger partial charge is 0.227 e. The lowest BCUT2D eigenvalue weighted by Gasteiger charge is -2.18. The van der Waals surface area contributed by atoms with Gasteiger partial charge in [-0.05, 0) is 18.2 Å². The van der Waals surface area contributed by atoms with Crippen molar-refractivity contribution in [3.8, 4) is 0 Å². The maximum Gasteiger partial charge on any atom is 0.227 e. The van der Waals surface area contributed by atoms with Crippen molar-refractivity contribution in [3.63, 3.8) is 0 Å². The van der Waals surface area contributed by atoms with Crippen LogP contribution < -0.4 is 9.80 Å². The minimum atomic E-state index is 0.738. The van der Waals surface area contributed by atoms with Crippen LogP contribution in [0, 0.1) is 0 Å². The van der Waals surface area contributed by atoms with Crippen LogP contribution >= 0.6 is 0 Å². The van der Waals surface area contributed by atoms with Gasteiger partial charge in [-0.25, -0.2) is 4.98 Å². The molecule has 0 N–H and O–H groups in total. The van der Waals surface area contributed by atoms with Gasteiger partial charge in [-0.1, -0.05) is 6.07 Å². The summed E-state index contributed by atoms with van der Waals surface area (Å²) >= 11 is 0. The van der Waals surface area contributed by atoms with Gasteiger partial charge in [0, 0.05) is 52.2 Å². The summed E-state index contributed by atoms with van der Waals surface area (Å²) < 4.78 is 0. The molecule has 5 nitrogen and oxygen atoms in total. The summed E-state index contributed by atoms with van der Waals surface area (Å²) in [7, 11) is 5.94. The molecule has 0 atom stereocenters. The Balaban J connectivity index is 2.00. The van der Waals surface area contributed by atoms with E-state index in [0.29, 0.717) is 0 Å². The van der Waals surface area contributed by atoms with Gasteiger partial charge in [0.05, 0.1) is 0 Å². The Hall–Kier alpha value is -2.17. The first-order valence-electron chi connectivity index (χ1n) is 6.28. The molecule has 0 amide bonds. The van der Waals surface area contributed by atoms with Crippen LogP contribution in [0.1, 0.15) is 5.69 Å². The lowest BCUT2D eigenvalue weighted by atomic mass is 10.2. The second-order valence-electron chi connectivity index (χ2n) is 4.60. The van der Waals surface area contributed by atoms with Crippen LogP contribution in [0.15, 0.2) is 36.7 Å². The molecule has 0 bridgehead atoms. The van der Waals surface area contributed by atoms with Crippen molar-refractivity contribution >= 4 is 11.8 Å². The fraction of sp³-hybridized carbons (Fsp3) is 0.357. The largest absolute Gasteiger partial charge is 0.363 e. The third kappa shape index (κ3) is 3.64. The minimum Gasteiger partial charge on any atom is -0.363 e. The van der Waals surface area contributed by atoms with E-state index in [4.69, 9.17) is 0 Å². The van der Waals surface area contributed by atoms with E-state index in [1.807, 2.05) is 61.4 Å². The van der Waals surface area contributed by atoms with Crippen molar-refractivity contribution in [1.82, 2.24) is 15.0 Å². The number of likely N-dealkylation sites (N-methyl/N-ethyl adjacent to an activating group) is 1. The second kappa shape index (κ2) is 6.13. The first-order valence-corrected chi connectivity index (χ1v) is 6.28. The first kappa shape index (κ1) is 13.3. The fourth-order valence-corrected chi connectivity index (χ4v) is 1.70. The number of nitrogens with zero attached hydrogens (tertiary/aromatic N) is 5. The highest BCUT2D eigenvalue weighted by molar-refractivity contribution is 5.41. The molecule has 2 rings (SSSR count). The molecular weight excluding hydrogens is 238 g/mol. The molecule has 0 radical (unpaired) electrons. The van der Waals surface area contributed by atoms with Crippen LogP contribution in [-0.2, 0) is 6.42 Å². The molecular formula is C14H19N5. The summed E-state index contributed by atoms with van der Waals surface area (Å²) in [6.07, 6.45) is 4.49. The molecule has 19 heavy (non-hydrogen) atoms. The maximum absolute atomic E-state index is 4.50. The zero-order valence-electron chi connectivity index (χ0n) is 11.6. The summed E-state index contributed by atoms with van der Waals surface area (Å²) in [6.45, 7) is 0.841. The highest BCUT2D eigenvalue weighted by Crippen LogP contribution is 2.11. The molecule has 0 fully saturated rings. The van der Waals surface area contributed by atoms with E-state index >= 15 is 0 Å². The Kier molecular flexibility index (Phi) is 4.28. The number of anilines is 2. The zero-order valence-corrected chi connectivity index (χ0v) is 11.6. The molecule has 0 spiro atoms. The molecule has 2 heterocycles. The van der Waals surface area contributed by atoms with Crippen LogP contribution in [0.3, 0.4) is 0 Å². The molecule has 0 saturated heterocycles. The van der Waals surface area contributed by atoms with Gasteiger partial charge < -0.3 is 9.80 Å². The van der Waals surface area contributed by atoms with Crippen molar-refractivity contribution in [2.45, 2.75) is 6.42 Å². The molecule has 0 saturated carbocycles. The van der Waals surface area contributed by atoms with E-state index < -0.39 is 0 Å². The van der Waals surface area contributed by atoms with Gasteiger partial charge in [-0.3, -0.25) is 4.98 Å². The minimum absolute atomic E-state index is 0.738. The quantitative estimate of drug-likeness (QED) is 0.814. The van der Waals surface area contributed by atoms with E-state index in [2.05, 4.69) is 15.0 Å². The normalized spacial score (nSPS) is 10.3. The Labute approximate surface area is 113 Å². The van der Waals surface area contributed by atoms with E-state index in [1.54, 1.807) is 6.20 Å². The van der Waals surface area contributed by atoms with Crippen molar-refractivity contribution in [1.29, 1.82) is 0 Å². The van der Waals surface area contributed by atoms with Gasteiger partial charge >= 0.3 is 0 Å². The summed E-state index contributed by atoms with van der Waals surface area (Å²) in [5.41, 5.74) is 1.08. The standard InChI is InChI=1S/C14H19N5/c1-18(2)13-7-10-16-14(17-13)19(3)11-8-12-6-4-5-9-15-12/h4-7,9-10H,8,11H2,1-3H3. The lowest BCUT2D eigenvalue weighted by molar-refractivity contribution is 0.818. The van der Waals surface area contributed by atoms with Crippen molar-refractivity contribution in [3.05, 3.63) is 42.4 Å². The number of aromatic nitrogens is 3. The summed E-state index contributed by atoms with van der Waals surface area (Å²) in [5, 5.41) is 0. The summed E-state index contributed by atoms with van der Waals surface area (Å²) in [6, 6.07) is 7.86. The number of hydrogen-bond donors (Lipinski definition) is 0. The van der Waals surface area contributed by atoms with Gasteiger partial charge in [-0.15, -0.1) is 0 Å². The molecule has 0 unspecified atom stereocenters. The van der Waals surface area contributed by atoms with E-state index in [1.165, 1.54) is 0 Å². The van der Waals surface area contributed by atoms with Gasteiger partial charge in [0.1, 0.15) is 5.82 Å². The second-order valence-corrected chi connectivity index (χ2v) is 4.60. The number of hydrogen-bond acceptors (Lipinski definition) is 5. The number of pyridine rings is 1. The van der Waals surface area contributed by atoms with Crippen LogP contribution in [0.5, 0.6) is 0 Å². The molecule has 0 aliphatic heterocycles. The van der Waals surface area contributed by atoms with E-state index in [0.717, 1.165) is 30.4 Å². The average molecular weight is 257 g/mol. The third-order valence-corrected chi connectivity index (χ3v) is 2.86. The topological polar surface area (TPSA) is 45.2 Å². The monoisotopic (exact) mass is 257 g/mol. The van der Waals surface area contributed by atoms with Crippen molar-refractivity contribution in [2.24, 2.45) is 0 Å². The highest BCUT2D eigenvalue weighted by atomic mass is 15.3. The van der Waals surface area contributed by atoms with Crippen LogP contribution in [-0.4, -0.2) is 42.6 Å². The van der Waals surface area contributed by atoms with Gasteiger partial charge in [0.2, 0.25) is 5.95 Å². The van der Waals surface area contributed by atoms with Gasteiger partial charge in [0.15, 0.2) is 0 Å². The highest BCUT2D eigenvalue weighted by Gasteiger charge is 2.06. The molecule has 5 heteroatoms. The molecule has 0 aliphatic carbocycles. The molecule has 2 aromatic rings. The van der Waals surface area contributed by atoms with Crippen LogP contribution in [0.25, 0.3) is 0 Å². The fourth-order valence-electron chi connectivity index (χ4n) is 1.70. The summed E-state index contributed by atoms with van der Waals surface area (Å²) in [4.78, 5) is 17.1. The third-order valence-electron chi connectivity index (χ3n) is 2.86. The summed E-state index contributed by atoms with van der Waals surface area (Å²) in [5.74, 6) is 1.65. The predicted molar refractivity (Wildman–Crippen MR) is 77.6 cm³/mol. The Morgan fingerprint density at radius 3 is 2.53 bits per heavy atom. The molecule has 0 aromatic carbocycles. The van der Waals surface area contributed by atoms with Crippen molar-refractivity contribution in [2.75, 3.05) is 37.5 Å². The Morgan fingerprint density at radius 2 is 1.84 bits per heavy atom. The first-order chi connectivity index (χ1) is 9.16. The van der Waals surface area contributed by atoms with E-state index in [9.17, 15) is 0 Å². The number of rotatable bonds is 5. The molecule has 0 aliphatic rings. The Bertz CT molecular complexity index is 512. The van der Waals surface area contributed by atoms with Crippen LogP contribution in [0.2, 0.25) is 0 Å². The van der Waals surface area contributed by atoms with E-state index in [-0.39, 0.29) is 0 Å². The van der Waals surface area contributed by atoms with Crippen molar-refractivity contribution < 1.29 is 0 Å². The Morgan fingerprint density at radius 1 is 1.00 bits per heavy atom. The predicted octanol–water partition coefficient (Wildman–Crippen LogP) is 1.62.